The van der Waals surface area contributed by atoms with Crippen LogP contribution in [0.15, 0.2) is 0 Å². The highest BCUT2D eigenvalue weighted by Gasteiger charge is 2.15. The summed E-state index contributed by atoms with van der Waals surface area (Å²) >= 11 is 5.60. The summed E-state index contributed by atoms with van der Waals surface area (Å²) in [6, 6.07) is 0. The van der Waals surface area contributed by atoms with Crippen molar-refractivity contribution in [1.82, 2.24) is 4.90 Å². The highest BCUT2D eigenvalue weighted by molar-refractivity contribution is 6.17. The van der Waals surface area contributed by atoms with Gasteiger partial charge in [0, 0.05) is 19.0 Å². The Hall–Kier alpha value is 0.210. The minimum atomic E-state index is 0.402. The van der Waals surface area contributed by atoms with Gasteiger partial charge in [-0.1, -0.05) is 0 Å². The minimum Gasteiger partial charge on any atom is -0.376 e. The quantitative estimate of drug-likeness (QED) is 0.604. The molecule has 0 aromatic heterocycles. The second-order valence-electron chi connectivity index (χ2n) is 3.02. The van der Waals surface area contributed by atoms with E-state index >= 15 is 0 Å². The van der Waals surface area contributed by atoms with Gasteiger partial charge in [-0.2, -0.15) is 0 Å². The number of halogens is 1. The van der Waals surface area contributed by atoms with E-state index < -0.39 is 0 Å². The van der Waals surface area contributed by atoms with Crippen LogP contribution in [-0.4, -0.2) is 43.1 Å². The van der Waals surface area contributed by atoms with Crippen LogP contribution in [0.5, 0.6) is 0 Å². The Morgan fingerprint density at radius 2 is 2.45 bits per heavy atom. The third-order valence-corrected chi connectivity index (χ3v) is 2.20. The van der Waals surface area contributed by atoms with Crippen molar-refractivity contribution in [2.75, 3.05) is 32.1 Å². The lowest BCUT2D eigenvalue weighted by atomic mass is 10.3. The van der Waals surface area contributed by atoms with Crippen LogP contribution in [0.1, 0.15) is 13.3 Å². The van der Waals surface area contributed by atoms with E-state index in [-0.39, 0.29) is 0 Å². The fourth-order valence-electron chi connectivity index (χ4n) is 1.38. The topological polar surface area (TPSA) is 12.5 Å². The van der Waals surface area contributed by atoms with Gasteiger partial charge < -0.3 is 4.74 Å². The van der Waals surface area contributed by atoms with Gasteiger partial charge >= 0.3 is 0 Å². The molecular formula is C8H16ClNO. The van der Waals surface area contributed by atoms with Gasteiger partial charge in [0.15, 0.2) is 0 Å². The predicted molar refractivity (Wildman–Crippen MR) is 47.2 cm³/mol. The van der Waals surface area contributed by atoms with E-state index in [1.165, 1.54) is 0 Å². The molecule has 0 amide bonds. The van der Waals surface area contributed by atoms with Crippen LogP contribution in [0, 0.1) is 0 Å². The standard InChI is InChI=1S/C8H16ClNO/c1-8-7-10(4-2-3-9)5-6-11-8/h8H,2-7H2,1H3/t8-/m0/s1. The van der Waals surface area contributed by atoms with Crippen LogP contribution in [0.25, 0.3) is 0 Å². The number of alkyl halides is 1. The molecule has 0 aliphatic carbocycles. The van der Waals surface area contributed by atoms with Gasteiger partial charge in [0.1, 0.15) is 0 Å². The summed E-state index contributed by atoms with van der Waals surface area (Å²) in [5.74, 6) is 0.770. The summed E-state index contributed by atoms with van der Waals surface area (Å²) in [4.78, 5) is 2.41. The van der Waals surface area contributed by atoms with Gasteiger partial charge in [-0.3, -0.25) is 4.90 Å². The zero-order valence-electron chi connectivity index (χ0n) is 7.05. The lowest BCUT2D eigenvalue weighted by Gasteiger charge is -2.30. The maximum absolute atomic E-state index is 5.60. The summed E-state index contributed by atoms with van der Waals surface area (Å²) in [5, 5.41) is 0. The fourth-order valence-corrected chi connectivity index (χ4v) is 1.50. The Bertz CT molecular complexity index is 110. The Labute approximate surface area is 73.5 Å². The summed E-state index contributed by atoms with van der Waals surface area (Å²) in [7, 11) is 0. The summed E-state index contributed by atoms with van der Waals surface area (Å²) in [6.45, 7) is 6.26. The minimum absolute atomic E-state index is 0.402. The van der Waals surface area contributed by atoms with E-state index in [0.29, 0.717) is 6.10 Å². The average molecular weight is 178 g/mol. The number of nitrogens with zero attached hydrogens (tertiary/aromatic N) is 1. The molecule has 0 spiro atoms. The molecule has 1 rings (SSSR count). The molecular weight excluding hydrogens is 162 g/mol. The molecule has 0 aromatic carbocycles. The number of rotatable bonds is 3. The number of hydrogen-bond acceptors (Lipinski definition) is 2. The molecule has 0 N–H and O–H groups in total. The molecule has 1 atom stereocenters. The van der Waals surface area contributed by atoms with Crippen LogP contribution in [0.2, 0.25) is 0 Å². The molecule has 2 nitrogen and oxygen atoms in total. The monoisotopic (exact) mass is 177 g/mol. The lowest BCUT2D eigenvalue weighted by Crippen LogP contribution is -2.41. The number of morpholine rings is 1. The van der Waals surface area contributed by atoms with Crippen molar-refractivity contribution in [1.29, 1.82) is 0 Å². The first-order valence-corrected chi connectivity index (χ1v) is 4.76. The van der Waals surface area contributed by atoms with E-state index in [0.717, 1.165) is 38.5 Å². The molecule has 0 bridgehead atoms. The van der Waals surface area contributed by atoms with Crippen molar-refractivity contribution in [2.45, 2.75) is 19.4 Å². The first kappa shape index (κ1) is 9.30. The molecule has 0 unspecified atom stereocenters. The van der Waals surface area contributed by atoms with E-state index in [4.69, 9.17) is 16.3 Å². The van der Waals surface area contributed by atoms with Crippen LogP contribution < -0.4 is 0 Å². The lowest BCUT2D eigenvalue weighted by molar-refractivity contribution is -0.0179. The van der Waals surface area contributed by atoms with Crippen molar-refractivity contribution >= 4 is 11.6 Å². The van der Waals surface area contributed by atoms with Crippen LogP contribution in [-0.2, 0) is 4.74 Å². The van der Waals surface area contributed by atoms with Gasteiger partial charge in [-0.25, -0.2) is 0 Å². The first-order chi connectivity index (χ1) is 5.33. The van der Waals surface area contributed by atoms with Crippen molar-refractivity contribution in [2.24, 2.45) is 0 Å². The first-order valence-electron chi connectivity index (χ1n) is 4.23. The highest BCUT2D eigenvalue weighted by atomic mass is 35.5. The Kier molecular flexibility index (Phi) is 4.20. The van der Waals surface area contributed by atoms with E-state index in [2.05, 4.69) is 11.8 Å². The Morgan fingerprint density at radius 3 is 3.09 bits per heavy atom. The van der Waals surface area contributed by atoms with Crippen molar-refractivity contribution in [3.8, 4) is 0 Å². The molecule has 1 aliphatic heterocycles. The summed E-state index contributed by atoms with van der Waals surface area (Å²) < 4.78 is 5.41. The Balaban J connectivity index is 2.12. The summed E-state index contributed by atoms with van der Waals surface area (Å²) in [5.41, 5.74) is 0. The molecule has 0 radical (unpaired) electrons. The third-order valence-electron chi connectivity index (χ3n) is 1.93. The maximum atomic E-state index is 5.60. The zero-order chi connectivity index (χ0) is 8.10. The van der Waals surface area contributed by atoms with E-state index in [9.17, 15) is 0 Å². The van der Waals surface area contributed by atoms with Crippen molar-refractivity contribution in [3.63, 3.8) is 0 Å². The number of ether oxygens (including phenoxy) is 1. The largest absolute Gasteiger partial charge is 0.376 e. The average Bonchev–Trinajstić information content (AvgIpc) is 2.01. The molecule has 1 aliphatic rings. The molecule has 0 saturated carbocycles. The van der Waals surface area contributed by atoms with E-state index in [1.54, 1.807) is 0 Å². The van der Waals surface area contributed by atoms with Crippen LogP contribution in [0.4, 0.5) is 0 Å². The van der Waals surface area contributed by atoms with Crippen molar-refractivity contribution in [3.05, 3.63) is 0 Å². The third kappa shape index (κ3) is 3.41. The number of hydrogen-bond donors (Lipinski definition) is 0. The highest BCUT2D eigenvalue weighted by Crippen LogP contribution is 2.04. The van der Waals surface area contributed by atoms with Crippen LogP contribution in [0.3, 0.4) is 0 Å². The molecule has 3 heteroatoms. The van der Waals surface area contributed by atoms with Crippen LogP contribution >= 0.6 is 11.6 Å². The molecule has 1 fully saturated rings. The van der Waals surface area contributed by atoms with Gasteiger partial charge in [0.05, 0.1) is 12.7 Å². The summed E-state index contributed by atoms with van der Waals surface area (Å²) in [6.07, 6.45) is 1.49. The molecule has 1 saturated heterocycles. The second kappa shape index (κ2) is 4.96. The van der Waals surface area contributed by atoms with Crippen molar-refractivity contribution < 1.29 is 4.74 Å². The van der Waals surface area contributed by atoms with Gasteiger partial charge in [0.25, 0.3) is 0 Å². The maximum Gasteiger partial charge on any atom is 0.0674 e. The molecule has 1 heterocycles. The SMILES string of the molecule is C[C@H]1CN(CCCCl)CCO1. The van der Waals surface area contributed by atoms with Gasteiger partial charge in [-0.05, 0) is 19.9 Å². The van der Waals surface area contributed by atoms with Gasteiger partial charge in [0.2, 0.25) is 0 Å². The zero-order valence-corrected chi connectivity index (χ0v) is 7.81. The van der Waals surface area contributed by atoms with E-state index in [1.807, 2.05) is 0 Å². The normalized spacial score (nSPS) is 27.3. The predicted octanol–water partition coefficient (Wildman–Crippen LogP) is 1.34. The molecule has 0 aromatic rings. The van der Waals surface area contributed by atoms with Gasteiger partial charge in [-0.15, -0.1) is 11.6 Å². The molecule has 11 heavy (non-hydrogen) atoms. The fraction of sp³-hybridized carbons (Fsp3) is 1.00. The molecule has 66 valence electrons. The second-order valence-corrected chi connectivity index (χ2v) is 3.40. The Morgan fingerprint density at radius 1 is 1.64 bits per heavy atom. The smallest absolute Gasteiger partial charge is 0.0674 e.